The maximum Gasteiger partial charge on any atom is 0.318 e. The first kappa shape index (κ1) is 40.4. The Morgan fingerprint density at radius 2 is 1.74 bits per heavy atom. The van der Waals surface area contributed by atoms with Crippen LogP contribution in [0.5, 0.6) is 0 Å². The summed E-state index contributed by atoms with van der Waals surface area (Å²) in [5.74, 6) is -2.96. The maximum atomic E-state index is 13.1. The number of aliphatic hydroxyl groups excluding tert-OH is 3. The lowest BCUT2D eigenvalue weighted by Gasteiger charge is -2.43. The van der Waals surface area contributed by atoms with E-state index in [-0.39, 0.29) is 37.9 Å². The molecule has 12 heteroatoms. The molecule has 0 saturated carbocycles. The van der Waals surface area contributed by atoms with Gasteiger partial charge < -0.3 is 40.5 Å². The summed E-state index contributed by atoms with van der Waals surface area (Å²) in [6, 6.07) is 10.8. The standard InChI is InChI=1S/C35H58N4O8/c1-8-28-35(7,46)31(42)26(5)39(19-12-18-38(20-16-36)33(44)37-17-15-27-13-10-9-11-14-27)22-23(2)21-34(6,45)30(41)24(3)29(40)25(4)32(43)47-28/h9-11,13-14,23-26,28-31,40-42,45-46H,8,12,15,17-22H2,1-7H3,(H,37,44)/t23-,24+,25-,26-,28-,29+,30-,31-,34-,35-/m1/s1. The van der Waals surface area contributed by atoms with Crippen molar-refractivity contribution >= 4 is 12.0 Å². The van der Waals surface area contributed by atoms with Crippen LogP contribution in [0, 0.1) is 29.1 Å². The minimum absolute atomic E-state index is 0.104. The van der Waals surface area contributed by atoms with Crippen LogP contribution in [0.3, 0.4) is 0 Å². The highest BCUT2D eigenvalue weighted by Crippen LogP contribution is 2.32. The van der Waals surface area contributed by atoms with E-state index < -0.39 is 59.5 Å². The van der Waals surface area contributed by atoms with Gasteiger partial charge in [0.1, 0.15) is 24.4 Å². The SMILES string of the molecule is CC[C@H]1OC(=O)[C@H](C)[C@@H](O)[C@H](C)[C@@H](O)[C@](C)(O)C[C@@H](C)CN(CCCN(CC#N)C(=O)NCCc2ccccc2)[C@H](C)[C@@H](O)[C@]1(C)O. The molecule has 1 aliphatic rings. The molecule has 10 atom stereocenters. The Balaban J connectivity index is 2.28. The van der Waals surface area contributed by atoms with E-state index >= 15 is 0 Å². The molecule has 0 spiro atoms. The highest BCUT2D eigenvalue weighted by Gasteiger charge is 2.47. The molecule has 0 unspecified atom stereocenters. The fraction of sp³-hybridized carbons (Fsp3) is 0.743. The molecule has 2 rings (SSSR count). The summed E-state index contributed by atoms with van der Waals surface area (Å²) in [5, 5.41) is 68.8. The average Bonchev–Trinajstić information content (AvgIpc) is 3.03. The number of carbonyl (C=O) groups excluding carboxylic acids is 2. The molecule has 1 aromatic carbocycles. The smallest absolute Gasteiger partial charge is 0.318 e. The average molecular weight is 663 g/mol. The topological polar surface area (TPSA) is 187 Å². The van der Waals surface area contributed by atoms with E-state index in [0.717, 1.165) is 5.56 Å². The molecule has 1 aromatic rings. The number of rotatable bonds is 9. The Labute approximate surface area is 280 Å². The van der Waals surface area contributed by atoms with Crippen molar-refractivity contribution in [2.45, 2.75) is 116 Å². The summed E-state index contributed by atoms with van der Waals surface area (Å²) in [5.41, 5.74) is -2.39. The summed E-state index contributed by atoms with van der Waals surface area (Å²) in [7, 11) is 0. The maximum absolute atomic E-state index is 13.1. The number of nitriles is 1. The van der Waals surface area contributed by atoms with E-state index in [9.17, 15) is 40.4 Å². The van der Waals surface area contributed by atoms with Gasteiger partial charge in [0.05, 0.1) is 29.8 Å². The third-order valence-corrected chi connectivity index (χ3v) is 9.73. The van der Waals surface area contributed by atoms with Gasteiger partial charge in [0.2, 0.25) is 0 Å². The highest BCUT2D eigenvalue weighted by atomic mass is 16.6. The van der Waals surface area contributed by atoms with Crippen LogP contribution in [-0.2, 0) is 16.0 Å². The zero-order valence-corrected chi connectivity index (χ0v) is 29.2. The molecule has 1 heterocycles. The summed E-state index contributed by atoms with van der Waals surface area (Å²) in [4.78, 5) is 29.4. The second-order valence-electron chi connectivity index (χ2n) is 13.9. The second-order valence-corrected chi connectivity index (χ2v) is 13.9. The number of cyclic esters (lactones) is 1. The number of urea groups is 1. The predicted octanol–water partition coefficient (Wildman–Crippen LogP) is 2.06. The Bertz CT molecular complexity index is 1160. The van der Waals surface area contributed by atoms with Gasteiger partial charge in [0.15, 0.2) is 0 Å². The number of nitrogens with zero attached hydrogens (tertiary/aromatic N) is 3. The number of hydrogen-bond donors (Lipinski definition) is 6. The molecule has 0 aromatic heterocycles. The molecule has 1 fully saturated rings. The van der Waals surface area contributed by atoms with E-state index in [2.05, 4.69) is 5.32 Å². The Kier molecular flexibility index (Phi) is 15.6. The fourth-order valence-electron chi connectivity index (χ4n) is 6.71. The normalized spacial score (nSPS) is 34.7. The number of ether oxygens (including phenoxy) is 1. The first-order valence-corrected chi connectivity index (χ1v) is 16.8. The molecular weight excluding hydrogens is 604 g/mol. The van der Waals surface area contributed by atoms with Gasteiger partial charge in [-0.05, 0) is 64.9 Å². The number of amides is 2. The number of benzene rings is 1. The zero-order valence-electron chi connectivity index (χ0n) is 29.2. The minimum Gasteiger partial charge on any atom is -0.459 e. The number of aliphatic hydroxyl groups is 5. The molecule has 0 aliphatic carbocycles. The van der Waals surface area contributed by atoms with Crippen LogP contribution < -0.4 is 5.32 Å². The molecule has 0 radical (unpaired) electrons. The lowest BCUT2D eigenvalue weighted by molar-refractivity contribution is -0.193. The Hall–Kier alpha value is -2.79. The van der Waals surface area contributed by atoms with Crippen LogP contribution in [0.1, 0.15) is 73.3 Å². The molecule has 6 N–H and O–H groups in total. The van der Waals surface area contributed by atoms with Crippen molar-refractivity contribution in [2.24, 2.45) is 17.8 Å². The van der Waals surface area contributed by atoms with Crippen molar-refractivity contribution in [1.82, 2.24) is 15.1 Å². The molecule has 1 aliphatic heterocycles. The molecule has 1 saturated heterocycles. The van der Waals surface area contributed by atoms with Gasteiger partial charge in [-0.25, -0.2) is 4.79 Å². The molecule has 2 amide bonds. The molecule has 12 nitrogen and oxygen atoms in total. The highest BCUT2D eigenvalue weighted by molar-refractivity contribution is 5.74. The van der Waals surface area contributed by atoms with E-state index in [1.165, 1.54) is 25.7 Å². The number of carbonyl (C=O) groups is 2. The lowest BCUT2D eigenvalue weighted by atomic mass is 9.78. The van der Waals surface area contributed by atoms with Crippen LogP contribution in [0.2, 0.25) is 0 Å². The first-order chi connectivity index (χ1) is 22.0. The zero-order chi connectivity index (χ0) is 35.5. The van der Waals surface area contributed by atoms with Crippen molar-refractivity contribution in [1.29, 1.82) is 5.26 Å². The fourth-order valence-corrected chi connectivity index (χ4v) is 6.71. The van der Waals surface area contributed by atoms with Crippen molar-refractivity contribution in [3.05, 3.63) is 35.9 Å². The number of hydrogen-bond acceptors (Lipinski definition) is 10. The van der Waals surface area contributed by atoms with Gasteiger partial charge in [-0.3, -0.25) is 9.69 Å². The monoisotopic (exact) mass is 662 g/mol. The van der Waals surface area contributed by atoms with Crippen molar-refractivity contribution in [3.8, 4) is 6.07 Å². The lowest BCUT2D eigenvalue weighted by Crippen LogP contribution is -2.59. The molecule has 266 valence electrons. The van der Waals surface area contributed by atoms with Gasteiger partial charge in [-0.2, -0.15) is 5.26 Å². The Morgan fingerprint density at radius 3 is 2.34 bits per heavy atom. The predicted molar refractivity (Wildman–Crippen MR) is 178 cm³/mol. The number of esters is 1. The van der Waals surface area contributed by atoms with Gasteiger partial charge in [0.25, 0.3) is 0 Å². The van der Waals surface area contributed by atoms with Crippen molar-refractivity contribution in [3.63, 3.8) is 0 Å². The Morgan fingerprint density at radius 1 is 1.11 bits per heavy atom. The first-order valence-electron chi connectivity index (χ1n) is 16.8. The van der Waals surface area contributed by atoms with Gasteiger partial charge in [-0.15, -0.1) is 0 Å². The van der Waals surface area contributed by atoms with E-state index in [4.69, 9.17) is 4.74 Å². The van der Waals surface area contributed by atoms with E-state index in [0.29, 0.717) is 32.5 Å². The number of nitrogens with one attached hydrogen (secondary N) is 1. The quantitative estimate of drug-likeness (QED) is 0.169. The second kappa shape index (κ2) is 18.1. The summed E-state index contributed by atoms with van der Waals surface area (Å²) in [6.07, 6.45) is -3.75. The largest absolute Gasteiger partial charge is 0.459 e. The van der Waals surface area contributed by atoms with Gasteiger partial charge >= 0.3 is 12.0 Å². The van der Waals surface area contributed by atoms with E-state index in [1.54, 1.807) is 20.8 Å². The molecule has 47 heavy (non-hydrogen) atoms. The summed E-state index contributed by atoms with van der Waals surface area (Å²) in [6.45, 7) is 12.6. The molecule has 0 bridgehead atoms. The van der Waals surface area contributed by atoms with Gasteiger partial charge in [-0.1, -0.05) is 51.1 Å². The van der Waals surface area contributed by atoms with Crippen LogP contribution in [0.4, 0.5) is 4.79 Å². The van der Waals surface area contributed by atoms with Crippen LogP contribution in [-0.4, -0.2) is 122 Å². The van der Waals surface area contributed by atoms with Gasteiger partial charge in [0, 0.05) is 38.1 Å². The van der Waals surface area contributed by atoms with Crippen LogP contribution in [0.25, 0.3) is 0 Å². The van der Waals surface area contributed by atoms with Crippen molar-refractivity contribution < 1.29 is 39.9 Å². The van der Waals surface area contributed by atoms with E-state index in [1.807, 2.05) is 48.2 Å². The third-order valence-electron chi connectivity index (χ3n) is 9.73. The summed E-state index contributed by atoms with van der Waals surface area (Å²) < 4.78 is 5.66. The minimum atomic E-state index is -1.86. The van der Waals surface area contributed by atoms with Crippen molar-refractivity contribution in [2.75, 3.05) is 32.7 Å². The molecular formula is C35H58N4O8. The third kappa shape index (κ3) is 11.1. The summed E-state index contributed by atoms with van der Waals surface area (Å²) >= 11 is 0. The van der Waals surface area contributed by atoms with Crippen LogP contribution in [0.15, 0.2) is 30.3 Å². The van der Waals surface area contributed by atoms with Crippen LogP contribution >= 0.6 is 0 Å².